The standard InChI is InChI=1S/C25H26ClN5O4S/c1-4-13-31-22(16(3)27-23(33)18-7-6-8-19(26)14-18)29-30-25(31)36-15-21(32)28-20-11-9-17(10-12-20)24(34)35-5-2/h4,6-12,14,16H,1,5,13,15H2,2-3H3,(H,27,33)(H,28,32). The maximum atomic E-state index is 12.6. The first-order chi connectivity index (χ1) is 17.3. The molecular weight excluding hydrogens is 502 g/mol. The Labute approximate surface area is 218 Å². The van der Waals surface area contributed by atoms with E-state index in [4.69, 9.17) is 16.3 Å². The first-order valence-electron chi connectivity index (χ1n) is 11.1. The highest BCUT2D eigenvalue weighted by Gasteiger charge is 2.20. The monoisotopic (exact) mass is 527 g/mol. The Morgan fingerprint density at radius 3 is 2.58 bits per heavy atom. The van der Waals surface area contributed by atoms with Gasteiger partial charge in [0.1, 0.15) is 0 Å². The van der Waals surface area contributed by atoms with E-state index in [0.717, 1.165) is 0 Å². The molecule has 0 spiro atoms. The zero-order valence-corrected chi connectivity index (χ0v) is 21.4. The van der Waals surface area contributed by atoms with Gasteiger partial charge in [-0.15, -0.1) is 16.8 Å². The number of esters is 1. The number of allylic oxidation sites excluding steroid dienone is 1. The summed E-state index contributed by atoms with van der Waals surface area (Å²) in [5.41, 5.74) is 1.40. The van der Waals surface area contributed by atoms with Gasteiger partial charge >= 0.3 is 5.97 Å². The van der Waals surface area contributed by atoms with Crippen LogP contribution in [0, 0.1) is 0 Å². The van der Waals surface area contributed by atoms with E-state index in [1.807, 2.05) is 0 Å². The second-order valence-electron chi connectivity index (χ2n) is 7.58. The normalized spacial score (nSPS) is 11.4. The van der Waals surface area contributed by atoms with Crippen molar-refractivity contribution in [3.05, 3.63) is 83.2 Å². The van der Waals surface area contributed by atoms with Crippen molar-refractivity contribution in [1.29, 1.82) is 0 Å². The van der Waals surface area contributed by atoms with Crippen molar-refractivity contribution in [2.45, 2.75) is 31.6 Å². The smallest absolute Gasteiger partial charge is 0.338 e. The van der Waals surface area contributed by atoms with Crippen molar-refractivity contribution >= 4 is 46.8 Å². The van der Waals surface area contributed by atoms with Crippen molar-refractivity contribution in [3.63, 3.8) is 0 Å². The largest absolute Gasteiger partial charge is 0.462 e. The van der Waals surface area contributed by atoms with Gasteiger partial charge in [-0.1, -0.05) is 35.5 Å². The van der Waals surface area contributed by atoms with Gasteiger partial charge in [0.05, 0.1) is 24.0 Å². The number of rotatable bonds is 11. The van der Waals surface area contributed by atoms with E-state index in [2.05, 4.69) is 27.4 Å². The Morgan fingerprint density at radius 1 is 1.17 bits per heavy atom. The van der Waals surface area contributed by atoms with E-state index in [1.54, 1.807) is 73.0 Å². The van der Waals surface area contributed by atoms with Gasteiger partial charge in [-0.25, -0.2) is 4.79 Å². The van der Waals surface area contributed by atoms with E-state index in [-0.39, 0.29) is 17.6 Å². The Kier molecular flexibility index (Phi) is 9.66. The Morgan fingerprint density at radius 2 is 1.92 bits per heavy atom. The van der Waals surface area contributed by atoms with Crippen molar-refractivity contribution in [1.82, 2.24) is 20.1 Å². The summed E-state index contributed by atoms with van der Waals surface area (Å²) in [6, 6.07) is 12.7. The quantitative estimate of drug-likeness (QED) is 0.214. The van der Waals surface area contributed by atoms with E-state index in [0.29, 0.717) is 46.0 Å². The second kappa shape index (κ2) is 12.9. The van der Waals surface area contributed by atoms with Gasteiger partial charge < -0.3 is 19.9 Å². The van der Waals surface area contributed by atoms with Crippen LogP contribution in [0.15, 0.2) is 66.3 Å². The predicted molar refractivity (Wildman–Crippen MR) is 139 cm³/mol. The molecule has 0 fully saturated rings. The number of benzene rings is 2. The fourth-order valence-corrected chi connectivity index (χ4v) is 4.18. The van der Waals surface area contributed by atoms with Crippen LogP contribution in [0.4, 0.5) is 5.69 Å². The number of nitrogens with zero attached hydrogens (tertiary/aromatic N) is 3. The molecule has 1 aromatic heterocycles. The molecule has 0 aliphatic rings. The van der Waals surface area contributed by atoms with E-state index >= 15 is 0 Å². The molecule has 1 unspecified atom stereocenters. The lowest BCUT2D eigenvalue weighted by Crippen LogP contribution is -2.28. The number of thioether (sulfide) groups is 1. The van der Waals surface area contributed by atoms with Crippen LogP contribution in [-0.4, -0.2) is 44.9 Å². The second-order valence-corrected chi connectivity index (χ2v) is 8.96. The number of ether oxygens (including phenoxy) is 1. The van der Waals surface area contributed by atoms with Gasteiger partial charge in [-0.2, -0.15) is 0 Å². The molecule has 188 valence electrons. The minimum absolute atomic E-state index is 0.0815. The fourth-order valence-electron chi connectivity index (χ4n) is 3.23. The molecule has 2 amide bonds. The minimum atomic E-state index is -0.454. The van der Waals surface area contributed by atoms with Crippen LogP contribution in [0.25, 0.3) is 0 Å². The first-order valence-corrected chi connectivity index (χ1v) is 12.5. The Hall–Kier alpha value is -3.63. The molecule has 2 N–H and O–H groups in total. The number of hydrogen-bond donors (Lipinski definition) is 2. The molecule has 1 heterocycles. The summed E-state index contributed by atoms with van der Waals surface area (Å²) in [6.45, 7) is 8.01. The molecule has 11 heteroatoms. The van der Waals surface area contributed by atoms with Gasteiger partial charge in [-0.3, -0.25) is 9.59 Å². The average molecular weight is 528 g/mol. The topological polar surface area (TPSA) is 115 Å². The highest BCUT2D eigenvalue weighted by molar-refractivity contribution is 7.99. The number of carbonyl (C=O) groups is 3. The van der Waals surface area contributed by atoms with Gasteiger partial charge in [0.15, 0.2) is 11.0 Å². The summed E-state index contributed by atoms with van der Waals surface area (Å²) in [6.07, 6.45) is 1.69. The highest BCUT2D eigenvalue weighted by Crippen LogP contribution is 2.22. The maximum absolute atomic E-state index is 12.6. The molecular formula is C25H26ClN5O4S. The number of aromatic nitrogens is 3. The molecule has 2 aromatic carbocycles. The molecule has 0 bridgehead atoms. The van der Waals surface area contributed by atoms with Gasteiger partial charge in [0, 0.05) is 22.8 Å². The lowest BCUT2D eigenvalue weighted by Gasteiger charge is -2.15. The number of carbonyl (C=O) groups excluding carboxylic acids is 3. The van der Waals surface area contributed by atoms with E-state index in [1.165, 1.54) is 11.8 Å². The molecule has 0 aliphatic heterocycles. The van der Waals surface area contributed by atoms with Crippen LogP contribution in [-0.2, 0) is 16.1 Å². The molecule has 1 atom stereocenters. The summed E-state index contributed by atoms with van der Waals surface area (Å²) in [5.74, 6) is -0.344. The van der Waals surface area contributed by atoms with Crippen LogP contribution in [0.2, 0.25) is 5.02 Å². The van der Waals surface area contributed by atoms with Gasteiger partial charge in [-0.05, 0) is 56.3 Å². The summed E-state index contributed by atoms with van der Waals surface area (Å²) >= 11 is 7.19. The van der Waals surface area contributed by atoms with E-state index < -0.39 is 12.0 Å². The third-order valence-electron chi connectivity index (χ3n) is 4.89. The maximum Gasteiger partial charge on any atom is 0.338 e. The van der Waals surface area contributed by atoms with Crippen molar-refractivity contribution in [2.24, 2.45) is 0 Å². The molecule has 3 rings (SSSR count). The van der Waals surface area contributed by atoms with Gasteiger partial charge in [0.2, 0.25) is 5.91 Å². The number of amides is 2. The first kappa shape index (κ1) is 27.0. The summed E-state index contributed by atoms with van der Waals surface area (Å²) < 4.78 is 6.75. The summed E-state index contributed by atoms with van der Waals surface area (Å²) in [5, 5.41) is 15.1. The van der Waals surface area contributed by atoms with Crippen LogP contribution in [0.3, 0.4) is 0 Å². The highest BCUT2D eigenvalue weighted by atomic mass is 35.5. The van der Waals surface area contributed by atoms with Crippen LogP contribution >= 0.6 is 23.4 Å². The minimum Gasteiger partial charge on any atom is -0.462 e. The zero-order valence-electron chi connectivity index (χ0n) is 19.9. The average Bonchev–Trinajstić information content (AvgIpc) is 3.26. The molecule has 0 radical (unpaired) electrons. The molecule has 0 saturated heterocycles. The summed E-state index contributed by atoms with van der Waals surface area (Å²) in [4.78, 5) is 36.8. The molecule has 3 aromatic rings. The third kappa shape index (κ3) is 7.19. The molecule has 36 heavy (non-hydrogen) atoms. The Bertz CT molecular complexity index is 1250. The third-order valence-corrected chi connectivity index (χ3v) is 6.09. The zero-order chi connectivity index (χ0) is 26.1. The fraction of sp³-hybridized carbons (Fsp3) is 0.240. The van der Waals surface area contributed by atoms with Crippen LogP contribution in [0.1, 0.15) is 46.4 Å². The number of halogens is 1. The Balaban J connectivity index is 1.62. The number of anilines is 1. The van der Waals surface area contributed by atoms with Crippen molar-refractivity contribution in [2.75, 3.05) is 17.7 Å². The number of hydrogen-bond acceptors (Lipinski definition) is 7. The van der Waals surface area contributed by atoms with Crippen LogP contribution in [0.5, 0.6) is 0 Å². The van der Waals surface area contributed by atoms with Crippen LogP contribution < -0.4 is 10.6 Å². The summed E-state index contributed by atoms with van der Waals surface area (Å²) in [7, 11) is 0. The van der Waals surface area contributed by atoms with E-state index in [9.17, 15) is 14.4 Å². The molecule has 0 aliphatic carbocycles. The van der Waals surface area contributed by atoms with Crippen molar-refractivity contribution < 1.29 is 19.1 Å². The van der Waals surface area contributed by atoms with Gasteiger partial charge in [0.25, 0.3) is 5.91 Å². The lowest BCUT2D eigenvalue weighted by atomic mass is 10.2. The predicted octanol–water partition coefficient (Wildman–Crippen LogP) is 4.52. The molecule has 0 saturated carbocycles. The van der Waals surface area contributed by atoms with Crippen molar-refractivity contribution in [3.8, 4) is 0 Å². The molecule has 9 nitrogen and oxygen atoms in total. The lowest BCUT2D eigenvalue weighted by molar-refractivity contribution is -0.113. The number of nitrogens with one attached hydrogen (secondary N) is 2. The SMILES string of the molecule is C=CCn1c(SCC(=O)Nc2ccc(C(=O)OCC)cc2)nnc1C(C)NC(=O)c1cccc(Cl)c1.